The van der Waals surface area contributed by atoms with Crippen LogP contribution in [-0.4, -0.2) is 47.6 Å². The summed E-state index contributed by atoms with van der Waals surface area (Å²) in [6, 6.07) is 8.27. The van der Waals surface area contributed by atoms with Crippen LogP contribution in [0.25, 0.3) is 0 Å². The molecule has 1 aromatic rings. The van der Waals surface area contributed by atoms with Gasteiger partial charge < -0.3 is 14.5 Å². The van der Waals surface area contributed by atoms with Gasteiger partial charge >= 0.3 is 6.09 Å². The van der Waals surface area contributed by atoms with Gasteiger partial charge in [0.05, 0.1) is 6.04 Å². The Balaban J connectivity index is 1.66. The average Bonchev–Trinajstić information content (AvgIpc) is 3.05. The van der Waals surface area contributed by atoms with Crippen molar-refractivity contribution in [2.45, 2.75) is 51.8 Å². The quantitative estimate of drug-likeness (QED) is 0.787. The summed E-state index contributed by atoms with van der Waals surface area (Å²) in [6.07, 6.45) is 0.768. The number of piperazine rings is 1. The molecular weight excluding hydrogens is 292 g/mol. The molecule has 0 aromatic heterocycles. The maximum Gasteiger partial charge on any atom is 0.410 e. The summed E-state index contributed by atoms with van der Waals surface area (Å²) in [4.78, 5) is 27.8. The van der Waals surface area contributed by atoms with Crippen molar-refractivity contribution in [3.8, 4) is 0 Å². The van der Waals surface area contributed by atoms with Gasteiger partial charge in [-0.3, -0.25) is 4.79 Å². The normalized spacial score (nSPS) is 23.3. The first-order valence-electron chi connectivity index (χ1n) is 8.12. The molecule has 0 aliphatic carbocycles. The molecule has 3 rings (SSSR count). The van der Waals surface area contributed by atoms with Gasteiger partial charge in [0.15, 0.2) is 5.78 Å². The minimum Gasteiger partial charge on any atom is -0.444 e. The lowest BCUT2D eigenvalue weighted by Crippen LogP contribution is -2.50. The van der Waals surface area contributed by atoms with Gasteiger partial charge in [-0.1, -0.05) is 0 Å². The number of benzene rings is 1. The first-order chi connectivity index (χ1) is 10.7. The van der Waals surface area contributed by atoms with E-state index in [1.54, 1.807) is 6.92 Å². The zero-order chi connectivity index (χ0) is 16.8. The highest BCUT2D eigenvalue weighted by molar-refractivity contribution is 5.94. The van der Waals surface area contributed by atoms with Gasteiger partial charge in [0.2, 0.25) is 0 Å². The van der Waals surface area contributed by atoms with E-state index in [1.807, 2.05) is 49.9 Å². The number of nitrogens with zero attached hydrogens (tertiary/aromatic N) is 2. The number of anilines is 1. The summed E-state index contributed by atoms with van der Waals surface area (Å²) in [6.45, 7) is 8.77. The van der Waals surface area contributed by atoms with E-state index in [9.17, 15) is 9.59 Å². The molecule has 0 radical (unpaired) electrons. The molecule has 0 saturated carbocycles. The van der Waals surface area contributed by atoms with Crippen LogP contribution < -0.4 is 4.90 Å². The van der Waals surface area contributed by atoms with Crippen molar-refractivity contribution in [3.63, 3.8) is 0 Å². The largest absolute Gasteiger partial charge is 0.444 e. The Morgan fingerprint density at radius 1 is 1.09 bits per heavy atom. The summed E-state index contributed by atoms with van der Waals surface area (Å²) >= 11 is 0. The Bertz CT molecular complexity index is 618. The van der Waals surface area contributed by atoms with E-state index in [0.717, 1.165) is 24.2 Å². The van der Waals surface area contributed by atoms with Crippen LogP contribution >= 0.6 is 0 Å². The van der Waals surface area contributed by atoms with E-state index in [0.29, 0.717) is 12.6 Å². The molecule has 2 bridgehead atoms. The third kappa shape index (κ3) is 3.19. The Kier molecular flexibility index (Phi) is 3.82. The van der Waals surface area contributed by atoms with Gasteiger partial charge in [-0.25, -0.2) is 4.79 Å². The number of hydrogen-bond donors (Lipinski definition) is 0. The number of hydrogen-bond acceptors (Lipinski definition) is 4. The lowest BCUT2D eigenvalue weighted by molar-refractivity contribution is 0.0214. The van der Waals surface area contributed by atoms with Crippen molar-refractivity contribution in [1.82, 2.24) is 4.90 Å². The lowest BCUT2D eigenvalue weighted by Gasteiger charge is -2.36. The minimum absolute atomic E-state index is 0.0793. The molecule has 2 aliphatic rings. The van der Waals surface area contributed by atoms with E-state index >= 15 is 0 Å². The van der Waals surface area contributed by atoms with Crippen LogP contribution in [0.1, 0.15) is 44.5 Å². The maximum absolute atomic E-state index is 12.3. The number of ether oxygens (including phenoxy) is 1. The molecule has 1 aromatic carbocycles. The van der Waals surface area contributed by atoms with E-state index < -0.39 is 5.60 Å². The van der Waals surface area contributed by atoms with Gasteiger partial charge in [-0.15, -0.1) is 0 Å². The van der Waals surface area contributed by atoms with Crippen molar-refractivity contribution >= 4 is 17.6 Å². The number of Topliss-reactive ketones (excluding diaryl/α,β-unsaturated/α-hetero) is 1. The van der Waals surface area contributed by atoms with E-state index in [-0.39, 0.29) is 17.9 Å². The molecule has 124 valence electrons. The number of fused-ring (bicyclic) bond motifs is 2. The molecule has 2 atom stereocenters. The van der Waals surface area contributed by atoms with Gasteiger partial charge in [-0.05, 0) is 58.4 Å². The van der Waals surface area contributed by atoms with Gasteiger partial charge in [0.25, 0.3) is 0 Å². The van der Waals surface area contributed by atoms with Crippen LogP contribution in [0.5, 0.6) is 0 Å². The number of rotatable bonds is 2. The molecule has 2 fully saturated rings. The smallest absolute Gasteiger partial charge is 0.410 e. The van der Waals surface area contributed by atoms with Crippen molar-refractivity contribution in [2.24, 2.45) is 0 Å². The van der Waals surface area contributed by atoms with Crippen LogP contribution in [0.4, 0.5) is 10.5 Å². The van der Waals surface area contributed by atoms with Crippen molar-refractivity contribution in [3.05, 3.63) is 29.8 Å². The average molecular weight is 316 g/mol. The molecule has 0 N–H and O–H groups in total. The number of carbonyl (C=O) groups is 2. The van der Waals surface area contributed by atoms with Crippen molar-refractivity contribution < 1.29 is 14.3 Å². The third-order valence-electron chi connectivity index (χ3n) is 4.47. The van der Waals surface area contributed by atoms with Crippen molar-refractivity contribution in [2.75, 3.05) is 18.0 Å². The summed E-state index contributed by atoms with van der Waals surface area (Å²) in [5.74, 6) is 0.0793. The Morgan fingerprint density at radius 3 is 2.22 bits per heavy atom. The SMILES string of the molecule is CC(=O)c1ccc(N2CC3CC2CN3C(=O)OC(C)(C)C)cc1. The minimum atomic E-state index is -0.457. The van der Waals surface area contributed by atoms with Gasteiger partial charge in [0.1, 0.15) is 5.60 Å². The lowest BCUT2D eigenvalue weighted by atomic mass is 10.1. The molecule has 2 aliphatic heterocycles. The molecule has 2 saturated heterocycles. The van der Waals surface area contributed by atoms with Crippen molar-refractivity contribution in [1.29, 1.82) is 0 Å². The second-order valence-corrected chi connectivity index (χ2v) is 7.43. The zero-order valence-electron chi connectivity index (χ0n) is 14.2. The highest BCUT2D eigenvalue weighted by Gasteiger charge is 2.46. The first-order valence-corrected chi connectivity index (χ1v) is 8.12. The molecule has 5 heteroatoms. The fraction of sp³-hybridized carbons (Fsp3) is 0.556. The van der Waals surface area contributed by atoms with Gasteiger partial charge in [-0.2, -0.15) is 0 Å². The van der Waals surface area contributed by atoms with E-state index in [2.05, 4.69) is 4.90 Å². The van der Waals surface area contributed by atoms with Crippen LogP contribution in [0.2, 0.25) is 0 Å². The standard InChI is InChI=1S/C18H24N2O3/c1-12(21)13-5-7-14(8-6-13)19-10-16-9-15(19)11-20(16)17(22)23-18(2,3)4/h5-8,15-16H,9-11H2,1-4H3. The zero-order valence-corrected chi connectivity index (χ0v) is 14.2. The fourth-order valence-corrected chi connectivity index (χ4v) is 3.41. The summed E-state index contributed by atoms with van der Waals surface area (Å²) < 4.78 is 5.49. The van der Waals surface area contributed by atoms with E-state index in [4.69, 9.17) is 4.74 Å². The predicted octanol–water partition coefficient (Wildman–Crippen LogP) is 3.09. The van der Waals surface area contributed by atoms with E-state index in [1.165, 1.54) is 0 Å². The number of likely N-dealkylation sites (tertiary alicyclic amines) is 1. The molecule has 23 heavy (non-hydrogen) atoms. The summed E-state index contributed by atoms with van der Waals surface area (Å²) in [5.41, 5.74) is 1.39. The predicted molar refractivity (Wildman–Crippen MR) is 88.9 cm³/mol. The second-order valence-electron chi connectivity index (χ2n) is 7.43. The highest BCUT2D eigenvalue weighted by Crippen LogP contribution is 2.35. The molecular formula is C18H24N2O3. The topological polar surface area (TPSA) is 49.9 Å². The third-order valence-corrected chi connectivity index (χ3v) is 4.47. The number of carbonyl (C=O) groups excluding carboxylic acids is 2. The Morgan fingerprint density at radius 2 is 1.74 bits per heavy atom. The van der Waals surface area contributed by atoms with Crippen LogP contribution in [-0.2, 0) is 4.74 Å². The molecule has 0 spiro atoms. The van der Waals surface area contributed by atoms with Gasteiger partial charge in [0, 0.05) is 30.4 Å². The summed E-state index contributed by atoms with van der Waals surface area (Å²) in [7, 11) is 0. The maximum atomic E-state index is 12.3. The molecule has 2 heterocycles. The monoisotopic (exact) mass is 316 g/mol. The van der Waals surface area contributed by atoms with Crippen LogP contribution in [0.3, 0.4) is 0 Å². The molecule has 2 unspecified atom stereocenters. The fourth-order valence-electron chi connectivity index (χ4n) is 3.41. The Hall–Kier alpha value is -2.04. The van der Waals surface area contributed by atoms with Crippen LogP contribution in [0, 0.1) is 0 Å². The highest BCUT2D eigenvalue weighted by atomic mass is 16.6. The molecule has 5 nitrogen and oxygen atoms in total. The summed E-state index contributed by atoms with van der Waals surface area (Å²) in [5, 5.41) is 0. The van der Waals surface area contributed by atoms with Crippen LogP contribution in [0.15, 0.2) is 24.3 Å². The first kappa shape index (κ1) is 15.8. The molecule has 1 amide bonds. The number of ketones is 1. The second kappa shape index (κ2) is 5.55. The number of amides is 1. The Labute approximate surface area is 137 Å².